The van der Waals surface area contributed by atoms with E-state index in [2.05, 4.69) is 16.0 Å². The van der Waals surface area contributed by atoms with E-state index in [0.717, 1.165) is 5.56 Å². The molecule has 2 fully saturated rings. The minimum absolute atomic E-state index is 0.0540. The van der Waals surface area contributed by atoms with Crippen LogP contribution in [0.1, 0.15) is 28.7 Å². The van der Waals surface area contributed by atoms with E-state index in [-0.39, 0.29) is 22.7 Å². The number of carbonyl (C=O) groups is 1. The Bertz CT molecular complexity index is 1790. The first-order valence-corrected chi connectivity index (χ1v) is 14.4. The summed E-state index contributed by atoms with van der Waals surface area (Å²) in [6.45, 7) is 1.96. The van der Waals surface area contributed by atoms with Gasteiger partial charge in [0.2, 0.25) is 5.91 Å². The van der Waals surface area contributed by atoms with Crippen molar-refractivity contribution < 1.29 is 23.8 Å². The zero-order valence-corrected chi connectivity index (χ0v) is 23.5. The molecule has 4 aromatic rings. The number of hydrogen-bond acceptors (Lipinski definition) is 9. The SMILES string of the molecule is CN(c1nc(-c2ccc(F)cc2)c(C#N)s1)c1c2c(nc3c(F)cc(N4CC5(CN(C(=O)CO)C5)C4)cc13)C(O)CC2. The van der Waals surface area contributed by atoms with Gasteiger partial charge in [0.15, 0.2) is 10.9 Å². The summed E-state index contributed by atoms with van der Waals surface area (Å²) in [6, 6.07) is 11.3. The molecular weight excluding hydrogens is 562 g/mol. The molecule has 0 bridgehead atoms. The third-order valence-electron chi connectivity index (χ3n) is 8.53. The molecular formula is C30H26F2N6O3S. The summed E-state index contributed by atoms with van der Waals surface area (Å²) in [5.74, 6) is -1.18. The maximum atomic E-state index is 15.7. The second kappa shape index (κ2) is 9.69. The number of anilines is 3. The minimum atomic E-state index is -0.810. The highest BCUT2D eigenvalue weighted by molar-refractivity contribution is 7.16. The van der Waals surface area contributed by atoms with Gasteiger partial charge >= 0.3 is 0 Å². The highest BCUT2D eigenvalue weighted by Crippen LogP contribution is 2.47. The van der Waals surface area contributed by atoms with Gasteiger partial charge in [-0.25, -0.2) is 18.7 Å². The number of aliphatic hydroxyl groups is 2. The summed E-state index contributed by atoms with van der Waals surface area (Å²) in [7, 11) is 1.80. The Kier molecular flexibility index (Phi) is 6.16. The van der Waals surface area contributed by atoms with E-state index in [9.17, 15) is 19.6 Å². The van der Waals surface area contributed by atoms with Crippen LogP contribution in [0.3, 0.4) is 0 Å². The predicted octanol–water partition coefficient (Wildman–Crippen LogP) is 3.90. The maximum absolute atomic E-state index is 15.7. The van der Waals surface area contributed by atoms with E-state index < -0.39 is 18.5 Å². The average molecular weight is 589 g/mol. The van der Waals surface area contributed by atoms with Crippen LogP contribution >= 0.6 is 11.3 Å². The van der Waals surface area contributed by atoms with E-state index in [1.807, 2.05) is 11.0 Å². The second-order valence-electron chi connectivity index (χ2n) is 11.3. The molecule has 0 saturated carbocycles. The van der Waals surface area contributed by atoms with Crippen molar-refractivity contribution in [3.8, 4) is 17.3 Å². The summed E-state index contributed by atoms with van der Waals surface area (Å²) < 4.78 is 29.3. The van der Waals surface area contributed by atoms with Crippen LogP contribution in [-0.4, -0.2) is 70.8 Å². The lowest BCUT2D eigenvalue weighted by Gasteiger charge is -2.60. The van der Waals surface area contributed by atoms with Gasteiger partial charge in [-0.2, -0.15) is 5.26 Å². The lowest BCUT2D eigenvalue weighted by atomic mass is 9.72. The fourth-order valence-corrected chi connectivity index (χ4v) is 7.32. The third-order valence-corrected chi connectivity index (χ3v) is 9.57. The quantitative estimate of drug-likeness (QED) is 0.361. The Balaban J connectivity index is 1.29. The predicted molar refractivity (Wildman–Crippen MR) is 154 cm³/mol. The monoisotopic (exact) mass is 588 g/mol. The summed E-state index contributed by atoms with van der Waals surface area (Å²) in [4.78, 5) is 27.0. The molecule has 1 atom stereocenters. The summed E-state index contributed by atoms with van der Waals surface area (Å²) >= 11 is 1.18. The third kappa shape index (κ3) is 4.11. The zero-order valence-electron chi connectivity index (χ0n) is 22.6. The molecule has 1 spiro atoms. The topological polar surface area (TPSA) is 117 Å². The van der Waals surface area contributed by atoms with Crippen molar-refractivity contribution in [1.29, 1.82) is 5.26 Å². The largest absolute Gasteiger partial charge is 0.387 e. The summed E-state index contributed by atoms with van der Waals surface area (Å²) in [6.07, 6.45) is 0.205. The molecule has 1 aliphatic carbocycles. The van der Waals surface area contributed by atoms with Crippen LogP contribution in [0.5, 0.6) is 0 Å². The first-order valence-electron chi connectivity index (χ1n) is 13.6. The Hall–Kier alpha value is -4.18. The number of benzene rings is 2. The minimum Gasteiger partial charge on any atom is -0.387 e. The van der Waals surface area contributed by atoms with E-state index in [1.54, 1.807) is 24.1 Å². The number of amides is 1. The van der Waals surface area contributed by atoms with Gasteiger partial charge in [0.25, 0.3) is 0 Å². The highest BCUT2D eigenvalue weighted by atomic mass is 32.1. The smallest absolute Gasteiger partial charge is 0.248 e. The Morgan fingerprint density at radius 2 is 1.93 bits per heavy atom. The molecule has 2 aromatic heterocycles. The molecule has 214 valence electrons. The first-order chi connectivity index (χ1) is 20.2. The van der Waals surface area contributed by atoms with Crippen molar-refractivity contribution in [2.75, 3.05) is 49.6 Å². The Morgan fingerprint density at radius 1 is 1.19 bits per heavy atom. The number of rotatable bonds is 5. The van der Waals surface area contributed by atoms with Crippen molar-refractivity contribution in [1.82, 2.24) is 14.9 Å². The molecule has 2 saturated heterocycles. The van der Waals surface area contributed by atoms with Gasteiger partial charge in [-0.3, -0.25) is 4.79 Å². The number of aliphatic hydroxyl groups excluding tert-OH is 2. The molecule has 4 heterocycles. The van der Waals surface area contributed by atoms with E-state index in [0.29, 0.717) is 82.7 Å². The number of fused-ring (bicyclic) bond motifs is 2. The Labute approximate surface area is 243 Å². The van der Waals surface area contributed by atoms with E-state index in [1.165, 1.54) is 29.5 Å². The standard InChI is InChI=1S/C30H26F2N6O3S/c1-36(29-35-25(23(10-33)42-29)16-2-4-17(31)5-3-16)28-19-6-7-22(40)27(19)34-26-20(28)8-18(9-21(26)32)37-12-30(13-37)14-38(15-30)24(41)11-39/h2-5,8-9,22,39-40H,6-7,11-15H2,1H3. The van der Waals surface area contributed by atoms with Crippen molar-refractivity contribution in [2.45, 2.75) is 18.9 Å². The van der Waals surface area contributed by atoms with E-state index >= 15 is 4.39 Å². The number of carbonyl (C=O) groups excluding carboxylic acids is 1. The van der Waals surface area contributed by atoms with Crippen LogP contribution < -0.4 is 9.80 Å². The number of pyridine rings is 1. The van der Waals surface area contributed by atoms with Crippen molar-refractivity contribution in [3.63, 3.8) is 0 Å². The number of aromatic nitrogens is 2. The van der Waals surface area contributed by atoms with Crippen LogP contribution in [0.15, 0.2) is 36.4 Å². The number of thiazole rings is 1. The molecule has 1 amide bonds. The normalized spacial score (nSPS) is 18.5. The van der Waals surface area contributed by atoms with Crippen molar-refractivity contribution >= 4 is 44.7 Å². The Morgan fingerprint density at radius 3 is 2.62 bits per heavy atom. The van der Waals surface area contributed by atoms with Gasteiger partial charge < -0.3 is 24.9 Å². The van der Waals surface area contributed by atoms with Crippen molar-refractivity contribution in [2.24, 2.45) is 5.41 Å². The summed E-state index contributed by atoms with van der Waals surface area (Å²) in [5, 5.41) is 30.7. The highest BCUT2D eigenvalue weighted by Gasteiger charge is 2.53. The molecule has 2 N–H and O–H groups in total. The van der Waals surface area contributed by atoms with Gasteiger partial charge in [-0.15, -0.1) is 0 Å². The number of hydrogen-bond donors (Lipinski definition) is 2. The number of nitrogens with zero attached hydrogens (tertiary/aromatic N) is 6. The van der Waals surface area contributed by atoms with Gasteiger partial charge in [-0.05, 0) is 49.2 Å². The fourth-order valence-electron chi connectivity index (χ4n) is 6.47. The molecule has 3 aliphatic rings. The molecule has 2 aromatic carbocycles. The summed E-state index contributed by atoms with van der Waals surface area (Å²) in [5.41, 5.74) is 3.76. The lowest BCUT2D eigenvalue weighted by molar-refractivity contribution is -0.148. The number of nitriles is 1. The molecule has 2 aliphatic heterocycles. The zero-order chi connectivity index (χ0) is 29.3. The molecule has 7 rings (SSSR count). The van der Waals surface area contributed by atoms with Crippen LogP contribution in [0, 0.1) is 28.4 Å². The van der Waals surface area contributed by atoms with Crippen LogP contribution in [-0.2, 0) is 11.2 Å². The molecule has 0 radical (unpaired) electrons. The van der Waals surface area contributed by atoms with Gasteiger partial charge in [0.05, 0.1) is 17.5 Å². The second-order valence-corrected chi connectivity index (χ2v) is 12.3. The number of halogens is 2. The molecule has 9 nitrogen and oxygen atoms in total. The van der Waals surface area contributed by atoms with Gasteiger partial charge in [0, 0.05) is 60.8 Å². The van der Waals surface area contributed by atoms with Crippen LogP contribution in [0.4, 0.5) is 25.3 Å². The molecule has 1 unspecified atom stereocenters. The number of likely N-dealkylation sites (tertiary alicyclic amines) is 1. The van der Waals surface area contributed by atoms with Gasteiger partial charge in [0.1, 0.15) is 34.6 Å². The van der Waals surface area contributed by atoms with E-state index in [4.69, 9.17) is 10.1 Å². The average Bonchev–Trinajstić information content (AvgIpc) is 3.54. The van der Waals surface area contributed by atoms with Crippen molar-refractivity contribution in [3.05, 3.63) is 64.2 Å². The first kappa shape index (κ1) is 26.7. The molecule has 42 heavy (non-hydrogen) atoms. The van der Waals surface area contributed by atoms with Crippen LogP contribution in [0.2, 0.25) is 0 Å². The van der Waals surface area contributed by atoms with Crippen LogP contribution in [0.25, 0.3) is 22.2 Å². The van der Waals surface area contributed by atoms with Gasteiger partial charge in [-0.1, -0.05) is 11.3 Å². The lowest BCUT2D eigenvalue weighted by Crippen LogP contribution is -2.73. The maximum Gasteiger partial charge on any atom is 0.248 e. The molecule has 12 heteroatoms. The fraction of sp³-hybridized carbons (Fsp3) is 0.333.